The highest BCUT2D eigenvalue weighted by Crippen LogP contribution is 2.10. The van der Waals surface area contributed by atoms with Crippen LogP contribution in [-0.2, 0) is 19.4 Å². The zero-order chi connectivity index (χ0) is 10.7. The number of hydrogen-bond acceptors (Lipinski definition) is 4. The summed E-state index contributed by atoms with van der Waals surface area (Å²) >= 11 is 0. The van der Waals surface area contributed by atoms with Gasteiger partial charge in [0.1, 0.15) is 5.82 Å². The van der Waals surface area contributed by atoms with E-state index in [-0.39, 0.29) is 0 Å². The molecular weight excluding hydrogens is 188 g/mol. The molecule has 0 saturated carbocycles. The molecule has 0 radical (unpaired) electrons. The van der Waals surface area contributed by atoms with E-state index in [1.165, 1.54) is 11.3 Å². The van der Waals surface area contributed by atoms with Gasteiger partial charge >= 0.3 is 0 Å². The lowest BCUT2D eigenvalue weighted by atomic mass is 10.1. The lowest BCUT2D eigenvalue weighted by Gasteiger charge is -2.16. The summed E-state index contributed by atoms with van der Waals surface area (Å²) in [5.41, 5.74) is 2.49. The summed E-state index contributed by atoms with van der Waals surface area (Å²) in [6.45, 7) is 2.97. The Bertz CT molecular complexity index is 335. The van der Waals surface area contributed by atoms with Crippen molar-refractivity contribution in [2.75, 3.05) is 27.2 Å². The predicted octanol–water partition coefficient (Wildman–Crippen LogP) is 0.226. The van der Waals surface area contributed by atoms with Crippen LogP contribution < -0.4 is 5.32 Å². The molecule has 0 spiro atoms. The van der Waals surface area contributed by atoms with Gasteiger partial charge in [-0.05, 0) is 14.1 Å². The van der Waals surface area contributed by atoms with E-state index in [0.29, 0.717) is 0 Å². The largest absolute Gasteiger partial charge is 0.312 e. The van der Waals surface area contributed by atoms with Gasteiger partial charge in [0.05, 0.1) is 0 Å². The van der Waals surface area contributed by atoms with Crippen molar-refractivity contribution in [3.05, 3.63) is 23.3 Å². The van der Waals surface area contributed by atoms with Crippen LogP contribution in [0.25, 0.3) is 0 Å². The van der Waals surface area contributed by atoms with Crippen molar-refractivity contribution >= 4 is 0 Å². The first kappa shape index (κ1) is 10.5. The SMILES string of the molecule is CN(C)CCc1ncc2c(n1)CCNC2. The maximum absolute atomic E-state index is 4.61. The van der Waals surface area contributed by atoms with Crippen molar-refractivity contribution < 1.29 is 0 Å². The Morgan fingerprint density at radius 3 is 3.13 bits per heavy atom. The molecule has 15 heavy (non-hydrogen) atoms. The van der Waals surface area contributed by atoms with E-state index < -0.39 is 0 Å². The number of aromatic nitrogens is 2. The van der Waals surface area contributed by atoms with Crippen molar-refractivity contribution in [1.29, 1.82) is 0 Å². The van der Waals surface area contributed by atoms with Gasteiger partial charge in [-0.3, -0.25) is 0 Å². The van der Waals surface area contributed by atoms with Crippen molar-refractivity contribution in [2.24, 2.45) is 0 Å². The molecule has 4 nitrogen and oxygen atoms in total. The zero-order valence-corrected chi connectivity index (χ0v) is 9.45. The van der Waals surface area contributed by atoms with Crippen LogP contribution in [0.2, 0.25) is 0 Å². The monoisotopic (exact) mass is 206 g/mol. The molecule has 82 valence electrons. The van der Waals surface area contributed by atoms with Gasteiger partial charge in [0.25, 0.3) is 0 Å². The van der Waals surface area contributed by atoms with Crippen LogP contribution in [0.4, 0.5) is 0 Å². The van der Waals surface area contributed by atoms with Crippen LogP contribution in [-0.4, -0.2) is 42.1 Å². The molecule has 1 aromatic heterocycles. The van der Waals surface area contributed by atoms with Gasteiger partial charge in [-0.25, -0.2) is 9.97 Å². The maximum atomic E-state index is 4.61. The first-order valence-electron chi connectivity index (χ1n) is 5.45. The molecule has 0 amide bonds. The summed E-state index contributed by atoms with van der Waals surface area (Å²) < 4.78 is 0. The van der Waals surface area contributed by atoms with Crippen molar-refractivity contribution in [2.45, 2.75) is 19.4 Å². The molecule has 0 aromatic carbocycles. The molecule has 0 aliphatic carbocycles. The van der Waals surface area contributed by atoms with Gasteiger partial charge in [0, 0.05) is 49.9 Å². The molecule has 0 atom stereocenters. The molecule has 0 fully saturated rings. The third-order valence-corrected chi connectivity index (χ3v) is 2.64. The third-order valence-electron chi connectivity index (χ3n) is 2.64. The van der Waals surface area contributed by atoms with Crippen LogP contribution in [0, 0.1) is 0 Å². The molecule has 0 unspecified atom stereocenters. The number of rotatable bonds is 3. The second kappa shape index (κ2) is 4.68. The van der Waals surface area contributed by atoms with Crippen LogP contribution in [0.1, 0.15) is 17.1 Å². The lowest BCUT2D eigenvalue weighted by molar-refractivity contribution is 0.409. The van der Waals surface area contributed by atoms with Crippen LogP contribution in [0.15, 0.2) is 6.20 Å². The van der Waals surface area contributed by atoms with Gasteiger partial charge < -0.3 is 10.2 Å². The maximum Gasteiger partial charge on any atom is 0.129 e. The number of nitrogens with zero attached hydrogens (tertiary/aromatic N) is 3. The highest BCUT2D eigenvalue weighted by atomic mass is 15.1. The molecule has 0 saturated heterocycles. The van der Waals surface area contributed by atoms with Gasteiger partial charge in [-0.1, -0.05) is 0 Å². The summed E-state index contributed by atoms with van der Waals surface area (Å²) in [6, 6.07) is 0. The molecule has 1 aliphatic rings. The van der Waals surface area contributed by atoms with Gasteiger partial charge in [-0.2, -0.15) is 0 Å². The van der Waals surface area contributed by atoms with Crippen LogP contribution >= 0.6 is 0 Å². The van der Waals surface area contributed by atoms with Gasteiger partial charge in [-0.15, -0.1) is 0 Å². The normalized spacial score (nSPS) is 15.4. The fourth-order valence-corrected chi connectivity index (χ4v) is 1.72. The third kappa shape index (κ3) is 2.73. The number of nitrogens with one attached hydrogen (secondary N) is 1. The average Bonchev–Trinajstić information content (AvgIpc) is 2.26. The summed E-state index contributed by atoms with van der Waals surface area (Å²) in [4.78, 5) is 11.2. The van der Waals surface area contributed by atoms with Gasteiger partial charge in [0.15, 0.2) is 0 Å². The van der Waals surface area contributed by atoms with E-state index in [9.17, 15) is 0 Å². The van der Waals surface area contributed by atoms with Crippen molar-refractivity contribution in [3.8, 4) is 0 Å². The lowest BCUT2D eigenvalue weighted by Crippen LogP contribution is -2.25. The Morgan fingerprint density at radius 2 is 2.33 bits per heavy atom. The molecule has 4 heteroatoms. The summed E-state index contributed by atoms with van der Waals surface area (Å²) in [7, 11) is 4.14. The summed E-state index contributed by atoms with van der Waals surface area (Å²) in [5, 5.41) is 3.32. The Hall–Kier alpha value is -1.00. The van der Waals surface area contributed by atoms with E-state index in [1.807, 2.05) is 6.20 Å². The zero-order valence-electron chi connectivity index (χ0n) is 9.45. The standard InChI is InChI=1S/C11H18N4/c1-15(2)6-4-11-13-8-9-7-12-5-3-10(9)14-11/h8,12H,3-7H2,1-2H3. The molecule has 1 aliphatic heterocycles. The second-order valence-corrected chi connectivity index (χ2v) is 4.24. The van der Waals surface area contributed by atoms with E-state index in [2.05, 4.69) is 34.3 Å². The van der Waals surface area contributed by atoms with Crippen molar-refractivity contribution in [1.82, 2.24) is 20.2 Å². The topological polar surface area (TPSA) is 41.1 Å². The van der Waals surface area contributed by atoms with Crippen LogP contribution in [0.3, 0.4) is 0 Å². The number of hydrogen-bond donors (Lipinski definition) is 1. The number of fused-ring (bicyclic) bond motifs is 1. The molecule has 2 heterocycles. The fourth-order valence-electron chi connectivity index (χ4n) is 1.72. The number of likely N-dealkylation sites (N-methyl/N-ethyl adjacent to an activating group) is 1. The smallest absolute Gasteiger partial charge is 0.129 e. The Kier molecular flexibility index (Phi) is 3.28. The minimum atomic E-state index is 0.920. The minimum Gasteiger partial charge on any atom is -0.312 e. The van der Waals surface area contributed by atoms with Crippen LogP contribution in [0.5, 0.6) is 0 Å². The van der Waals surface area contributed by atoms with E-state index in [4.69, 9.17) is 0 Å². The molecule has 1 N–H and O–H groups in total. The second-order valence-electron chi connectivity index (χ2n) is 4.24. The van der Waals surface area contributed by atoms with E-state index in [0.717, 1.165) is 38.3 Å². The van der Waals surface area contributed by atoms with Crippen molar-refractivity contribution in [3.63, 3.8) is 0 Å². The van der Waals surface area contributed by atoms with E-state index in [1.54, 1.807) is 0 Å². The molecule has 2 rings (SSSR count). The molecular formula is C11H18N4. The summed E-state index contributed by atoms with van der Waals surface area (Å²) in [5.74, 6) is 0.976. The fraction of sp³-hybridized carbons (Fsp3) is 0.636. The Morgan fingerprint density at radius 1 is 1.47 bits per heavy atom. The molecule has 0 bridgehead atoms. The average molecular weight is 206 g/mol. The molecule has 1 aromatic rings. The Labute approximate surface area is 90.7 Å². The minimum absolute atomic E-state index is 0.920. The highest BCUT2D eigenvalue weighted by molar-refractivity contribution is 5.20. The van der Waals surface area contributed by atoms with E-state index >= 15 is 0 Å². The Balaban J connectivity index is 2.07. The van der Waals surface area contributed by atoms with Gasteiger partial charge in [0.2, 0.25) is 0 Å². The first-order chi connectivity index (χ1) is 7.25. The quantitative estimate of drug-likeness (QED) is 0.768. The first-order valence-corrected chi connectivity index (χ1v) is 5.45. The summed E-state index contributed by atoms with van der Waals surface area (Å²) in [6.07, 6.45) is 3.94. The predicted molar refractivity (Wildman–Crippen MR) is 59.7 cm³/mol. The highest BCUT2D eigenvalue weighted by Gasteiger charge is 2.11.